The largest absolute Gasteiger partial charge is 0.458 e. The summed E-state index contributed by atoms with van der Waals surface area (Å²) in [4.78, 5) is 1.30. The number of rotatable bonds is 5. The average Bonchev–Trinajstić information content (AvgIpc) is 3.57. The standard InChI is InChI=1S/C48H32BNOSSi/c1-4-16-34(17-5-1)53(35-18-6-2-7-19-35,36-20-8-3-9-21-36)37-31-41-40-24-12-15-27-47(40)52-49-42-30-33(28-29-45(42)51-46(32-37)48(41)49)50-43-25-13-10-22-38(43)39-23-11-14-26-44(39)50/h1-32H. The van der Waals surface area contributed by atoms with Crippen molar-refractivity contribution in [1.82, 2.24) is 4.57 Å². The zero-order chi connectivity index (χ0) is 34.9. The summed E-state index contributed by atoms with van der Waals surface area (Å²) in [7, 11) is -2.81. The molecule has 0 spiro atoms. The number of ether oxygens (including phenoxy) is 1. The Kier molecular flexibility index (Phi) is 6.94. The van der Waals surface area contributed by atoms with Crippen LogP contribution in [-0.2, 0) is 0 Å². The number of aromatic nitrogens is 1. The Balaban J connectivity index is 1.17. The Labute approximate surface area is 314 Å². The van der Waals surface area contributed by atoms with Gasteiger partial charge < -0.3 is 9.30 Å². The van der Waals surface area contributed by atoms with Gasteiger partial charge >= 0.3 is 0 Å². The summed E-state index contributed by atoms with van der Waals surface area (Å²) < 4.78 is 9.54. The van der Waals surface area contributed by atoms with E-state index in [2.05, 4.69) is 199 Å². The Morgan fingerprint density at radius 2 is 1.00 bits per heavy atom. The van der Waals surface area contributed by atoms with Crippen molar-refractivity contribution >= 4 is 79.2 Å². The lowest BCUT2D eigenvalue weighted by atomic mass is 9.57. The summed E-state index contributed by atoms with van der Waals surface area (Å²) >= 11 is 1.95. The van der Waals surface area contributed by atoms with Gasteiger partial charge in [0.2, 0.25) is 0 Å². The maximum Gasteiger partial charge on any atom is 0.289 e. The normalized spacial score (nSPS) is 12.9. The molecule has 0 N–H and O–H groups in total. The van der Waals surface area contributed by atoms with E-state index in [1.54, 1.807) is 0 Å². The molecule has 0 saturated heterocycles. The van der Waals surface area contributed by atoms with E-state index < -0.39 is 8.07 Å². The number of para-hydroxylation sites is 2. The van der Waals surface area contributed by atoms with Crippen molar-refractivity contribution in [3.63, 3.8) is 0 Å². The van der Waals surface area contributed by atoms with Crippen LogP contribution in [0.3, 0.4) is 0 Å². The predicted octanol–water partition coefficient (Wildman–Crippen LogP) is 8.15. The third-order valence-electron chi connectivity index (χ3n) is 11.2. The summed E-state index contributed by atoms with van der Waals surface area (Å²) in [6.45, 7) is 0. The molecule has 3 heterocycles. The topological polar surface area (TPSA) is 14.2 Å². The van der Waals surface area contributed by atoms with Crippen molar-refractivity contribution in [3.05, 3.63) is 194 Å². The fourth-order valence-corrected chi connectivity index (χ4v) is 15.1. The molecule has 2 aliphatic rings. The van der Waals surface area contributed by atoms with Gasteiger partial charge in [0, 0.05) is 21.4 Å². The fraction of sp³-hybridized carbons (Fsp3) is 0. The number of benzene rings is 8. The van der Waals surface area contributed by atoms with Crippen LogP contribution in [0.5, 0.6) is 11.5 Å². The van der Waals surface area contributed by atoms with E-state index in [9.17, 15) is 0 Å². The van der Waals surface area contributed by atoms with Crippen molar-refractivity contribution in [2.75, 3.05) is 0 Å². The van der Waals surface area contributed by atoms with Crippen LogP contribution in [0.1, 0.15) is 0 Å². The van der Waals surface area contributed by atoms with E-state index in [0.29, 0.717) is 0 Å². The van der Waals surface area contributed by atoms with Crippen molar-refractivity contribution in [1.29, 1.82) is 0 Å². The van der Waals surface area contributed by atoms with Gasteiger partial charge in [-0.1, -0.05) is 152 Å². The van der Waals surface area contributed by atoms with Gasteiger partial charge in [0.1, 0.15) is 11.5 Å². The van der Waals surface area contributed by atoms with Gasteiger partial charge in [0.05, 0.1) is 11.0 Å². The first-order chi connectivity index (χ1) is 26.3. The summed E-state index contributed by atoms with van der Waals surface area (Å²) in [6.07, 6.45) is 0. The summed E-state index contributed by atoms with van der Waals surface area (Å²) in [5.74, 6) is 1.97. The molecule has 0 unspecified atom stereocenters. The number of fused-ring (bicyclic) bond motifs is 7. The number of hydrogen-bond acceptors (Lipinski definition) is 2. The molecule has 248 valence electrons. The number of nitrogens with zero attached hydrogens (tertiary/aromatic N) is 1. The maximum atomic E-state index is 7.13. The van der Waals surface area contributed by atoms with E-state index in [4.69, 9.17) is 4.74 Å². The molecule has 2 aliphatic heterocycles. The molecule has 0 amide bonds. The molecule has 0 bridgehead atoms. The third-order valence-corrected chi connectivity index (χ3v) is 17.3. The molecule has 11 rings (SSSR count). The van der Waals surface area contributed by atoms with E-state index in [0.717, 1.165) is 17.2 Å². The highest BCUT2D eigenvalue weighted by Gasteiger charge is 2.45. The van der Waals surface area contributed by atoms with E-state index >= 15 is 0 Å². The second-order valence-electron chi connectivity index (χ2n) is 14.0. The molecule has 9 aromatic rings. The van der Waals surface area contributed by atoms with Gasteiger partial charge in [-0.15, -0.1) is 0 Å². The smallest absolute Gasteiger partial charge is 0.289 e. The molecule has 8 aromatic carbocycles. The molecule has 5 heteroatoms. The van der Waals surface area contributed by atoms with Crippen LogP contribution in [0.15, 0.2) is 199 Å². The molecule has 0 aliphatic carbocycles. The minimum atomic E-state index is -2.81. The molecule has 1 aromatic heterocycles. The van der Waals surface area contributed by atoms with Gasteiger partial charge in [0.15, 0.2) is 8.07 Å². The van der Waals surface area contributed by atoms with E-state index in [1.165, 1.54) is 69.5 Å². The first-order valence-electron chi connectivity index (χ1n) is 18.2. The lowest BCUT2D eigenvalue weighted by molar-refractivity contribution is 0.488. The van der Waals surface area contributed by atoms with Crippen molar-refractivity contribution in [2.45, 2.75) is 4.90 Å². The van der Waals surface area contributed by atoms with Crippen LogP contribution in [-0.4, -0.2) is 18.6 Å². The van der Waals surface area contributed by atoms with Gasteiger partial charge in [-0.2, -0.15) is 11.6 Å². The van der Waals surface area contributed by atoms with Crippen LogP contribution < -0.4 is 36.4 Å². The summed E-state index contributed by atoms with van der Waals surface area (Å²) in [6, 6.07) is 71.6. The predicted molar refractivity (Wildman–Crippen MR) is 227 cm³/mol. The molecule has 2 nitrogen and oxygen atoms in total. The van der Waals surface area contributed by atoms with E-state index in [1.807, 2.05) is 11.6 Å². The highest BCUT2D eigenvalue weighted by Crippen LogP contribution is 2.43. The second-order valence-corrected chi connectivity index (χ2v) is 18.9. The van der Waals surface area contributed by atoms with Gasteiger partial charge in [0.25, 0.3) is 5.99 Å². The highest BCUT2D eigenvalue weighted by atomic mass is 32.2. The first-order valence-corrected chi connectivity index (χ1v) is 21.1. The van der Waals surface area contributed by atoms with Crippen molar-refractivity contribution < 1.29 is 4.74 Å². The molecular weight excluding hydrogens is 677 g/mol. The first kappa shape index (κ1) is 30.6. The zero-order valence-corrected chi connectivity index (χ0v) is 30.6. The summed E-state index contributed by atoms with van der Waals surface area (Å²) in [5, 5.41) is 7.91. The fourth-order valence-electron chi connectivity index (χ4n) is 8.97. The maximum absolute atomic E-state index is 7.13. The number of hydrogen-bond donors (Lipinski definition) is 0. The molecule has 0 saturated carbocycles. The molecule has 0 atom stereocenters. The highest BCUT2D eigenvalue weighted by molar-refractivity contribution is 8.28. The van der Waals surface area contributed by atoms with Crippen LogP contribution in [0.2, 0.25) is 0 Å². The van der Waals surface area contributed by atoms with Crippen molar-refractivity contribution in [2.24, 2.45) is 0 Å². The molecule has 0 fully saturated rings. The Morgan fingerprint density at radius 3 is 1.62 bits per heavy atom. The quantitative estimate of drug-likeness (QED) is 0.132. The molecule has 53 heavy (non-hydrogen) atoms. The van der Waals surface area contributed by atoms with E-state index in [-0.39, 0.29) is 5.99 Å². The van der Waals surface area contributed by atoms with Crippen LogP contribution in [0, 0.1) is 0 Å². The third kappa shape index (κ3) is 4.54. The zero-order valence-electron chi connectivity index (χ0n) is 28.8. The van der Waals surface area contributed by atoms with Gasteiger partial charge in [-0.05, 0) is 85.3 Å². The SMILES string of the molecule is c1ccc([Si](c2ccccc2)(c2ccccc2)c2cc3c4c(c2)-c2ccccc2SB4c2cc(-n4c5ccccc5c5ccccc54)ccc2O3)cc1. The van der Waals surface area contributed by atoms with Crippen molar-refractivity contribution in [3.8, 4) is 28.3 Å². The van der Waals surface area contributed by atoms with Gasteiger partial charge in [-0.3, -0.25) is 0 Å². The Hall–Kier alpha value is -6.01. The monoisotopic (exact) mass is 709 g/mol. The average molecular weight is 710 g/mol. The summed E-state index contributed by atoms with van der Waals surface area (Å²) in [5.41, 5.74) is 8.58. The van der Waals surface area contributed by atoms with Crippen LogP contribution in [0.25, 0.3) is 38.6 Å². The Morgan fingerprint density at radius 1 is 0.453 bits per heavy atom. The second kappa shape index (κ2) is 12.0. The van der Waals surface area contributed by atoms with Crippen LogP contribution >= 0.6 is 11.6 Å². The van der Waals surface area contributed by atoms with Crippen LogP contribution in [0.4, 0.5) is 0 Å². The molecular formula is C48H32BNOSSi. The minimum Gasteiger partial charge on any atom is -0.458 e. The van der Waals surface area contributed by atoms with Gasteiger partial charge in [-0.25, -0.2) is 0 Å². The lowest BCUT2D eigenvalue weighted by Crippen LogP contribution is -2.75. The molecule has 0 radical (unpaired) electrons. The Bertz CT molecular complexity index is 2700. The lowest BCUT2D eigenvalue weighted by Gasteiger charge is -2.38. The minimum absolute atomic E-state index is 0.0852.